The van der Waals surface area contributed by atoms with Gasteiger partial charge in [0, 0.05) is 40.2 Å². The Morgan fingerprint density at radius 3 is 2.29 bits per heavy atom. The van der Waals surface area contributed by atoms with Crippen LogP contribution in [0.5, 0.6) is 0 Å². The molecule has 5 nitrogen and oxygen atoms in total. The number of amides is 1. The number of carbonyl (C=O) groups is 1. The third-order valence-electron chi connectivity index (χ3n) is 3.25. The Morgan fingerprint density at radius 1 is 1.24 bits per heavy atom. The van der Waals surface area contributed by atoms with Crippen LogP contribution in [0.25, 0.3) is 0 Å². The second-order valence-corrected chi connectivity index (χ2v) is 4.27. The fourth-order valence-electron chi connectivity index (χ4n) is 1.92. The maximum atomic E-state index is 11.7. The van der Waals surface area contributed by atoms with Crippen LogP contribution in [-0.2, 0) is 14.2 Å². The lowest BCUT2D eigenvalue weighted by Gasteiger charge is -2.39. The summed E-state index contributed by atoms with van der Waals surface area (Å²) < 4.78 is 15.9. The number of ether oxygens (including phenoxy) is 3. The van der Waals surface area contributed by atoms with Crippen molar-refractivity contribution in [1.29, 1.82) is 0 Å². The van der Waals surface area contributed by atoms with Crippen molar-refractivity contribution in [2.45, 2.75) is 38.4 Å². The van der Waals surface area contributed by atoms with E-state index in [0.29, 0.717) is 32.5 Å². The van der Waals surface area contributed by atoms with Crippen LogP contribution < -0.4 is 0 Å². The lowest BCUT2D eigenvalue weighted by Crippen LogP contribution is -2.48. The van der Waals surface area contributed by atoms with Crippen LogP contribution in [0.1, 0.15) is 32.6 Å². The summed E-state index contributed by atoms with van der Waals surface area (Å²) in [5, 5.41) is 0. The molecule has 17 heavy (non-hydrogen) atoms. The average molecular weight is 245 g/mol. The highest BCUT2D eigenvalue weighted by atomic mass is 16.7. The number of hydrogen-bond acceptors (Lipinski definition) is 4. The van der Waals surface area contributed by atoms with Crippen LogP contribution in [0, 0.1) is 0 Å². The molecule has 1 fully saturated rings. The molecule has 1 rings (SSSR count). The maximum absolute atomic E-state index is 11.7. The molecule has 0 aromatic rings. The van der Waals surface area contributed by atoms with Crippen molar-refractivity contribution < 1.29 is 19.0 Å². The summed E-state index contributed by atoms with van der Waals surface area (Å²) in [7, 11) is 3.28. The van der Waals surface area contributed by atoms with E-state index in [1.165, 1.54) is 0 Å². The Bertz CT molecular complexity index is 231. The van der Waals surface area contributed by atoms with Gasteiger partial charge in [-0.1, -0.05) is 13.3 Å². The highest BCUT2D eigenvalue weighted by Gasteiger charge is 2.36. The third kappa shape index (κ3) is 3.85. The molecule has 0 aromatic carbocycles. The van der Waals surface area contributed by atoms with Gasteiger partial charge in [-0.25, -0.2) is 4.79 Å². The van der Waals surface area contributed by atoms with E-state index in [4.69, 9.17) is 14.2 Å². The molecule has 0 bridgehead atoms. The lowest BCUT2D eigenvalue weighted by atomic mass is 10.0. The van der Waals surface area contributed by atoms with Crippen LogP contribution >= 0.6 is 0 Å². The molecule has 1 amide bonds. The first-order valence-electron chi connectivity index (χ1n) is 6.19. The van der Waals surface area contributed by atoms with Crippen molar-refractivity contribution in [3.8, 4) is 0 Å². The number of methoxy groups -OCH3 is 2. The van der Waals surface area contributed by atoms with E-state index < -0.39 is 5.79 Å². The number of unbranched alkanes of at least 4 members (excludes halogenated alkanes) is 1. The Balaban J connectivity index is 2.33. The average Bonchev–Trinajstić information content (AvgIpc) is 2.39. The van der Waals surface area contributed by atoms with E-state index in [9.17, 15) is 4.79 Å². The normalized spacial score (nSPS) is 19.1. The first kappa shape index (κ1) is 14.3. The highest BCUT2D eigenvalue weighted by molar-refractivity contribution is 5.67. The van der Waals surface area contributed by atoms with Gasteiger partial charge in [0.05, 0.1) is 6.61 Å². The molecule has 5 heteroatoms. The molecule has 0 unspecified atom stereocenters. The molecule has 1 saturated heterocycles. The van der Waals surface area contributed by atoms with Crippen molar-refractivity contribution >= 4 is 6.09 Å². The Labute approximate surface area is 103 Å². The van der Waals surface area contributed by atoms with E-state index in [0.717, 1.165) is 12.8 Å². The predicted octanol–water partition coefficient (Wildman–Crippen LogP) is 2.01. The Morgan fingerprint density at radius 2 is 1.82 bits per heavy atom. The third-order valence-corrected chi connectivity index (χ3v) is 3.25. The number of carbonyl (C=O) groups excluding carboxylic acids is 1. The van der Waals surface area contributed by atoms with Crippen LogP contribution in [-0.4, -0.2) is 50.7 Å². The topological polar surface area (TPSA) is 48.0 Å². The molecule has 100 valence electrons. The van der Waals surface area contributed by atoms with Crippen molar-refractivity contribution in [1.82, 2.24) is 4.90 Å². The van der Waals surface area contributed by atoms with Crippen LogP contribution in [0.15, 0.2) is 0 Å². The standard InChI is InChI=1S/C12H23NO4/c1-4-5-10-17-11(14)13-8-6-12(15-2,16-3)7-9-13/h4-10H2,1-3H3. The monoisotopic (exact) mass is 245 g/mol. The highest BCUT2D eigenvalue weighted by Crippen LogP contribution is 2.26. The molecule has 0 N–H and O–H groups in total. The predicted molar refractivity (Wildman–Crippen MR) is 63.8 cm³/mol. The van der Waals surface area contributed by atoms with Crippen molar-refractivity contribution in [3.05, 3.63) is 0 Å². The molecule has 1 aliphatic heterocycles. The first-order chi connectivity index (χ1) is 8.17. The molecule has 1 aliphatic rings. The summed E-state index contributed by atoms with van der Waals surface area (Å²) >= 11 is 0. The van der Waals surface area contributed by atoms with Crippen LogP contribution in [0.3, 0.4) is 0 Å². The Kier molecular flexibility index (Phi) is 5.71. The van der Waals surface area contributed by atoms with Gasteiger partial charge in [-0.2, -0.15) is 0 Å². The lowest BCUT2D eigenvalue weighted by molar-refractivity contribution is -0.227. The van der Waals surface area contributed by atoms with Crippen LogP contribution in [0.2, 0.25) is 0 Å². The summed E-state index contributed by atoms with van der Waals surface area (Å²) in [4.78, 5) is 13.4. The maximum Gasteiger partial charge on any atom is 0.409 e. The van der Waals surface area contributed by atoms with E-state index in [2.05, 4.69) is 6.92 Å². The minimum absolute atomic E-state index is 0.223. The number of hydrogen-bond donors (Lipinski definition) is 0. The molecule has 0 aliphatic carbocycles. The van der Waals surface area contributed by atoms with E-state index in [1.54, 1.807) is 19.1 Å². The Hall–Kier alpha value is -0.810. The second kappa shape index (κ2) is 6.81. The molecule has 0 saturated carbocycles. The summed E-state index contributed by atoms with van der Waals surface area (Å²) in [6, 6.07) is 0. The molecular weight excluding hydrogens is 222 g/mol. The molecule has 0 aromatic heterocycles. The van der Waals surface area contributed by atoms with Gasteiger partial charge >= 0.3 is 6.09 Å². The zero-order chi connectivity index (χ0) is 12.7. The zero-order valence-corrected chi connectivity index (χ0v) is 11.0. The van der Waals surface area contributed by atoms with Crippen molar-refractivity contribution in [3.63, 3.8) is 0 Å². The number of nitrogens with zero attached hydrogens (tertiary/aromatic N) is 1. The zero-order valence-electron chi connectivity index (χ0n) is 11.0. The molecule has 0 radical (unpaired) electrons. The summed E-state index contributed by atoms with van der Waals surface area (Å²) in [6.07, 6.45) is 3.09. The summed E-state index contributed by atoms with van der Waals surface area (Å²) in [5.74, 6) is -0.528. The quantitative estimate of drug-likeness (QED) is 0.549. The summed E-state index contributed by atoms with van der Waals surface area (Å²) in [6.45, 7) is 3.81. The van der Waals surface area contributed by atoms with E-state index in [-0.39, 0.29) is 6.09 Å². The van der Waals surface area contributed by atoms with Crippen molar-refractivity contribution in [2.24, 2.45) is 0 Å². The molecular formula is C12H23NO4. The van der Waals surface area contributed by atoms with Gasteiger partial charge in [-0.3, -0.25) is 0 Å². The van der Waals surface area contributed by atoms with Gasteiger partial charge in [0.2, 0.25) is 0 Å². The minimum atomic E-state index is -0.528. The van der Waals surface area contributed by atoms with E-state index in [1.807, 2.05) is 0 Å². The number of likely N-dealkylation sites (tertiary alicyclic amines) is 1. The van der Waals surface area contributed by atoms with Gasteiger partial charge in [-0.05, 0) is 6.42 Å². The first-order valence-corrected chi connectivity index (χ1v) is 6.19. The van der Waals surface area contributed by atoms with Gasteiger partial charge < -0.3 is 19.1 Å². The fourth-order valence-corrected chi connectivity index (χ4v) is 1.92. The number of rotatable bonds is 5. The molecule has 0 atom stereocenters. The number of piperidine rings is 1. The molecule has 0 spiro atoms. The van der Waals surface area contributed by atoms with E-state index >= 15 is 0 Å². The van der Waals surface area contributed by atoms with Gasteiger partial charge in [0.15, 0.2) is 5.79 Å². The largest absolute Gasteiger partial charge is 0.449 e. The summed E-state index contributed by atoms with van der Waals surface area (Å²) in [5.41, 5.74) is 0. The van der Waals surface area contributed by atoms with Crippen molar-refractivity contribution in [2.75, 3.05) is 33.9 Å². The minimum Gasteiger partial charge on any atom is -0.449 e. The second-order valence-electron chi connectivity index (χ2n) is 4.27. The van der Waals surface area contributed by atoms with Gasteiger partial charge in [0.1, 0.15) is 0 Å². The fraction of sp³-hybridized carbons (Fsp3) is 0.917. The van der Waals surface area contributed by atoms with Gasteiger partial charge in [0.25, 0.3) is 0 Å². The smallest absolute Gasteiger partial charge is 0.409 e. The van der Waals surface area contributed by atoms with Crippen LogP contribution in [0.4, 0.5) is 4.79 Å². The molecule has 1 heterocycles. The SMILES string of the molecule is CCCCOC(=O)N1CCC(OC)(OC)CC1. The van der Waals surface area contributed by atoms with Gasteiger partial charge in [-0.15, -0.1) is 0 Å².